The molecule has 0 saturated heterocycles. The first-order valence-electron chi connectivity index (χ1n) is 6.28. The van der Waals surface area contributed by atoms with E-state index in [1.54, 1.807) is 19.4 Å². The minimum atomic E-state index is -0.322. The average Bonchev–Trinajstić information content (AvgIpc) is 3.16. The molecule has 0 bridgehead atoms. The molecular formula is C15H13N3O3. The first kappa shape index (κ1) is 13.0. The monoisotopic (exact) mass is 283 g/mol. The van der Waals surface area contributed by atoms with Gasteiger partial charge in [-0.15, -0.1) is 0 Å². The first-order valence-corrected chi connectivity index (χ1v) is 6.28. The molecule has 3 rings (SSSR count). The third-order valence-corrected chi connectivity index (χ3v) is 3.07. The highest BCUT2D eigenvalue weighted by atomic mass is 16.5. The van der Waals surface area contributed by atoms with Crippen LogP contribution in [0.5, 0.6) is 5.75 Å². The Bertz CT molecular complexity index is 788. The van der Waals surface area contributed by atoms with Gasteiger partial charge < -0.3 is 14.1 Å². The Balaban J connectivity index is 1.78. The lowest BCUT2D eigenvalue weighted by Crippen LogP contribution is -2.16. The molecule has 2 N–H and O–H groups in total. The van der Waals surface area contributed by atoms with Crippen LogP contribution in [0.3, 0.4) is 0 Å². The SMILES string of the molecule is COc1ccc2[nH]cc(/C=N\NC(=O)c3ccoc3)c2c1. The number of carbonyl (C=O) groups excluding carboxylic acids is 1. The number of aromatic amines is 1. The van der Waals surface area contributed by atoms with Crippen molar-refractivity contribution in [2.45, 2.75) is 0 Å². The van der Waals surface area contributed by atoms with Crippen molar-refractivity contribution in [2.75, 3.05) is 7.11 Å². The van der Waals surface area contributed by atoms with Gasteiger partial charge in [0.05, 0.1) is 25.2 Å². The van der Waals surface area contributed by atoms with Crippen LogP contribution in [-0.2, 0) is 0 Å². The van der Waals surface area contributed by atoms with E-state index in [2.05, 4.69) is 15.5 Å². The predicted octanol–water partition coefficient (Wildman–Crippen LogP) is 2.53. The van der Waals surface area contributed by atoms with Gasteiger partial charge in [-0.1, -0.05) is 0 Å². The van der Waals surface area contributed by atoms with Crippen LogP contribution < -0.4 is 10.2 Å². The summed E-state index contributed by atoms with van der Waals surface area (Å²) in [4.78, 5) is 14.8. The molecule has 21 heavy (non-hydrogen) atoms. The number of methoxy groups -OCH3 is 1. The zero-order valence-electron chi connectivity index (χ0n) is 11.3. The number of nitrogens with one attached hydrogen (secondary N) is 2. The van der Waals surface area contributed by atoms with Crippen LogP contribution in [0.15, 0.2) is 52.5 Å². The molecule has 0 aliphatic carbocycles. The Morgan fingerprint density at radius 2 is 2.33 bits per heavy atom. The Hall–Kier alpha value is -3.02. The molecule has 0 spiro atoms. The lowest BCUT2D eigenvalue weighted by molar-refractivity contribution is 0.0954. The summed E-state index contributed by atoms with van der Waals surface area (Å²) in [7, 11) is 1.62. The number of furan rings is 1. The summed E-state index contributed by atoms with van der Waals surface area (Å²) in [6.45, 7) is 0. The van der Waals surface area contributed by atoms with Gasteiger partial charge in [0, 0.05) is 22.7 Å². The molecule has 2 heterocycles. The summed E-state index contributed by atoms with van der Waals surface area (Å²) in [6, 6.07) is 7.28. The molecule has 0 radical (unpaired) electrons. The molecule has 1 aromatic carbocycles. The quantitative estimate of drug-likeness (QED) is 0.570. The molecule has 3 aromatic rings. The second-order valence-corrected chi connectivity index (χ2v) is 4.37. The Morgan fingerprint density at radius 1 is 1.43 bits per heavy atom. The fourth-order valence-corrected chi connectivity index (χ4v) is 1.97. The van der Waals surface area contributed by atoms with E-state index in [1.165, 1.54) is 12.5 Å². The zero-order valence-corrected chi connectivity index (χ0v) is 11.3. The molecule has 6 heteroatoms. The van der Waals surface area contributed by atoms with E-state index in [-0.39, 0.29) is 5.91 Å². The minimum Gasteiger partial charge on any atom is -0.497 e. The number of aromatic nitrogens is 1. The highest BCUT2D eigenvalue weighted by Crippen LogP contribution is 2.22. The zero-order chi connectivity index (χ0) is 14.7. The summed E-state index contributed by atoms with van der Waals surface area (Å²) in [5.41, 5.74) is 4.69. The van der Waals surface area contributed by atoms with Crippen molar-refractivity contribution in [1.29, 1.82) is 0 Å². The van der Waals surface area contributed by atoms with Crippen molar-refractivity contribution < 1.29 is 13.9 Å². The van der Waals surface area contributed by atoms with Crippen molar-refractivity contribution in [3.63, 3.8) is 0 Å². The van der Waals surface area contributed by atoms with Crippen molar-refractivity contribution in [2.24, 2.45) is 5.10 Å². The first-order chi connectivity index (χ1) is 10.3. The van der Waals surface area contributed by atoms with Crippen LogP contribution in [0, 0.1) is 0 Å². The Kier molecular flexibility index (Phi) is 3.42. The van der Waals surface area contributed by atoms with Crippen molar-refractivity contribution in [3.05, 3.63) is 54.1 Å². The van der Waals surface area contributed by atoms with Gasteiger partial charge in [0.15, 0.2) is 0 Å². The number of hydrogen-bond acceptors (Lipinski definition) is 4. The van der Waals surface area contributed by atoms with Crippen LogP contribution in [0.2, 0.25) is 0 Å². The summed E-state index contributed by atoms with van der Waals surface area (Å²) in [5.74, 6) is 0.441. The number of benzene rings is 1. The van der Waals surface area contributed by atoms with Crippen LogP contribution >= 0.6 is 0 Å². The number of H-pyrrole nitrogens is 1. The minimum absolute atomic E-state index is 0.322. The van der Waals surface area contributed by atoms with Crippen molar-refractivity contribution in [1.82, 2.24) is 10.4 Å². The van der Waals surface area contributed by atoms with Crippen molar-refractivity contribution in [3.8, 4) is 5.75 Å². The normalized spacial score (nSPS) is 11.1. The van der Waals surface area contributed by atoms with Gasteiger partial charge in [0.2, 0.25) is 0 Å². The van der Waals surface area contributed by atoms with Gasteiger partial charge in [-0.25, -0.2) is 5.43 Å². The molecule has 1 amide bonds. The highest BCUT2D eigenvalue weighted by molar-refractivity contribution is 6.00. The molecule has 0 unspecified atom stereocenters. The van der Waals surface area contributed by atoms with E-state index in [1.807, 2.05) is 24.4 Å². The van der Waals surface area contributed by atoms with Gasteiger partial charge in [-0.2, -0.15) is 5.10 Å². The highest BCUT2D eigenvalue weighted by Gasteiger charge is 2.06. The number of rotatable bonds is 4. The largest absolute Gasteiger partial charge is 0.497 e. The van der Waals surface area contributed by atoms with Crippen LogP contribution in [0.1, 0.15) is 15.9 Å². The maximum absolute atomic E-state index is 11.7. The second-order valence-electron chi connectivity index (χ2n) is 4.37. The lowest BCUT2D eigenvalue weighted by Gasteiger charge is -1.99. The van der Waals surface area contributed by atoms with E-state index in [0.717, 1.165) is 22.2 Å². The topological polar surface area (TPSA) is 79.6 Å². The molecule has 6 nitrogen and oxygen atoms in total. The fourth-order valence-electron chi connectivity index (χ4n) is 1.97. The number of carbonyl (C=O) groups is 1. The van der Waals surface area contributed by atoms with E-state index in [4.69, 9.17) is 9.15 Å². The van der Waals surface area contributed by atoms with Gasteiger partial charge in [0.1, 0.15) is 12.0 Å². The molecule has 106 valence electrons. The van der Waals surface area contributed by atoms with Gasteiger partial charge >= 0.3 is 0 Å². The van der Waals surface area contributed by atoms with Gasteiger partial charge in [-0.05, 0) is 24.3 Å². The van der Waals surface area contributed by atoms with Crippen LogP contribution in [0.25, 0.3) is 10.9 Å². The number of hydrogen-bond donors (Lipinski definition) is 2. The summed E-state index contributed by atoms with van der Waals surface area (Å²) in [6.07, 6.45) is 6.19. The summed E-state index contributed by atoms with van der Waals surface area (Å²) < 4.78 is 10.0. The average molecular weight is 283 g/mol. The molecular weight excluding hydrogens is 270 g/mol. The second kappa shape index (κ2) is 5.54. The van der Waals surface area contributed by atoms with Crippen molar-refractivity contribution >= 4 is 23.0 Å². The fraction of sp³-hybridized carbons (Fsp3) is 0.0667. The third kappa shape index (κ3) is 2.64. The standard InChI is InChI=1S/C15H13N3O3/c1-20-12-2-3-14-13(6-12)11(7-16-14)8-17-18-15(19)10-4-5-21-9-10/h2-9,16H,1H3,(H,18,19)/b17-8-. The number of ether oxygens (including phenoxy) is 1. The third-order valence-electron chi connectivity index (χ3n) is 3.07. The predicted molar refractivity (Wildman–Crippen MR) is 78.6 cm³/mol. The maximum Gasteiger partial charge on any atom is 0.274 e. The van der Waals surface area contributed by atoms with E-state index in [0.29, 0.717) is 5.56 Å². The number of amides is 1. The number of fused-ring (bicyclic) bond motifs is 1. The lowest BCUT2D eigenvalue weighted by atomic mass is 10.2. The maximum atomic E-state index is 11.7. The molecule has 0 fully saturated rings. The van der Waals surface area contributed by atoms with Gasteiger partial charge in [0.25, 0.3) is 5.91 Å². The molecule has 0 atom stereocenters. The van der Waals surface area contributed by atoms with E-state index >= 15 is 0 Å². The Labute approximate surface area is 120 Å². The van der Waals surface area contributed by atoms with E-state index < -0.39 is 0 Å². The van der Waals surface area contributed by atoms with Crippen LogP contribution in [0.4, 0.5) is 0 Å². The smallest absolute Gasteiger partial charge is 0.274 e. The summed E-state index contributed by atoms with van der Waals surface area (Å²) >= 11 is 0. The number of hydrazone groups is 1. The van der Waals surface area contributed by atoms with Crippen LogP contribution in [-0.4, -0.2) is 24.2 Å². The Morgan fingerprint density at radius 3 is 3.10 bits per heavy atom. The molecule has 0 saturated carbocycles. The summed E-state index contributed by atoms with van der Waals surface area (Å²) in [5, 5.41) is 4.92. The molecule has 0 aliphatic heterocycles. The van der Waals surface area contributed by atoms with E-state index in [9.17, 15) is 4.79 Å². The molecule has 0 aliphatic rings. The number of nitrogens with zero attached hydrogens (tertiary/aromatic N) is 1. The molecule has 2 aromatic heterocycles. The van der Waals surface area contributed by atoms with Gasteiger partial charge in [-0.3, -0.25) is 4.79 Å².